The van der Waals surface area contributed by atoms with E-state index in [-0.39, 0.29) is 12.1 Å². The van der Waals surface area contributed by atoms with Crippen LogP contribution in [-0.2, 0) is 17.6 Å². The highest BCUT2D eigenvalue weighted by Crippen LogP contribution is 2.24. The Balaban J connectivity index is 1.80. The highest BCUT2D eigenvalue weighted by Gasteiger charge is 2.31. The van der Waals surface area contributed by atoms with Crippen molar-refractivity contribution >= 4 is 5.82 Å². The lowest BCUT2D eigenvalue weighted by Crippen LogP contribution is -2.34. The molecule has 0 aromatic carbocycles. The van der Waals surface area contributed by atoms with Crippen molar-refractivity contribution in [1.29, 1.82) is 0 Å². The van der Waals surface area contributed by atoms with Gasteiger partial charge in [-0.2, -0.15) is 0 Å². The molecule has 0 spiro atoms. The minimum Gasteiger partial charge on any atom is -0.378 e. The van der Waals surface area contributed by atoms with Gasteiger partial charge in [-0.3, -0.25) is 0 Å². The van der Waals surface area contributed by atoms with Crippen LogP contribution in [0.1, 0.15) is 17.7 Å². The van der Waals surface area contributed by atoms with Crippen molar-refractivity contribution in [1.82, 2.24) is 4.98 Å². The Hall–Kier alpha value is -1.17. The second-order valence-corrected chi connectivity index (χ2v) is 5.62. The molecule has 5 nitrogen and oxygen atoms in total. The summed E-state index contributed by atoms with van der Waals surface area (Å²) in [7, 11) is 1.72. The predicted octanol–water partition coefficient (Wildman–Crippen LogP) is 0.0599. The molecule has 3 rings (SSSR count). The number of fused-ring (bicyclic) bond motifs is 1. The van der Waals surface area contributed by atoms with E-state index in [2.05, 4.69) is 17.0 Å². The molecule has 1 aromatic rings. The molecule has 1 saturated heterocycles. The Bertz CT molecular complexity index is 465. The number of nitrogens with two attached hydrogens (primary N) is 2. The van der Waals surface area contributed by atoms with E-state index in [1.165, 1.54) is 11.3 Å². The van der Waals surface area contributed by atoms with Crippen molar-refractivity contribution in [3.8, 4) is 0 Å². The zero-order valence-corrected chi connectivity index (χ0v) is 11.4. The molecule has 19 heavy (non-hydrogen) atoms. The van der Waals surface area contributed by atoms with Crippen LogP contribution in [0.2, 0.25) is 0 Å². The maximum Gasteiger partial charge on any atom is 0.128 e. The first kappa shape index (κ1) is 12.8. The monoisotopic (exact) mass is 262 g/mol. The number of ether oxygens (including phenoxy) is 1. The second kappa shape index (κ2) is 5.07. The number of hydrogen-bond donors (Lipinski definition) is 2. The Morgan fingerprint density at radius 1 is 1.32 bits per heavy atom. The molecule has 5 heteroatoms. The summed E-state index contributed by atoms with van der Waals surface area (Å²) in [6, 6.07) is 4.61. The van der Waals surface area contributed by atoms with Crippen LogP contribution >= 0.6 is 0 Å². The van der Waals surface area contributed by atoms with E-state index < -0.39 is 0 Å². The number of methoxy groups -OCH3 is 1. The van der Waals surface area contributed by atoms with Crippen LogP contribution in [0.3, 0.4) is 0 Å². The zero-order chi connectivity index (χ0) is 13.4. The average molecular weight is 262 g/mol. The fourth-order valence-electron chi connectivity index (χ4n) is 3.04. The van der Waals surface area contributed by atoms with E-state index in [0.717, 1.165) is 38.2 Å². The van der Waals surface area contributed by atoms with Crippen LogP contribution in [-0.4, -0.2) is 43.4 Å². The highest BCUT2D eigenvalue weighted by atomic mass is 16.5. The maximum atomic E-state index is 6.06. The van der Waals surface area contributed by atoms with Crippen molar-refractivity contribution in [3.63, 3.8) is 0 Å². The van der Waals surface area contributed by atoms with E-state index in [4.69, 9.17) is 21.2 Å². The molecule has 104 valence electrons. The Labute approximate surface area is 113 Å². The minimum absolute atomic E-state index is 0.0660. The van der Waals surface area contributed by atoms with Crippen molar-refractivity contribution in [3.05, 3.63) is 23.4 Å². The van der Waals surface area contributed by atoms with Gasteiger partial charge >= 0.3 is 0 Å². The molecule has 1 aliphatic carbocycles. The lowest BCUT2D eigenvalue weighted by atomic mass is 9.92. The molecule has 0 saturated carbocycles. The molecule has 1 aliphatic heterocycles. The Morgan fingerprint density at radius 3 is 2.89 bits per heavy atom. The van der Waals surface area contributed by atoms with Gasteiger partial charge < -0.3 is 21.1 Å². The van der Waals surface area contributed by atoms with Gasteiger partial charge in [0.2, 0.25) is 0 Å². The van der Waals surface area contributed by atoms with Gasteiger partial charge in [0.05, 0.1) is 12.1 Å². The predicted molar refractivity (Wildman–Crippen MR) is 75.2 cm³/mol. The molecule has 0 radical (unpaired) electrons. The quantitative estimate of drug-likeness (QED) is 0.788. The molecule has 1 aromatic heterocycles. The molecular formula is C14H22N4O. The average Bonchev–Trinajstić information content (AvgIpc) is 2.79. The van der Waals surface area contributed by atoms with Crippen LogP contribution in [0.25, 0.3) is 0 Å². The summed E-state index contributed by atoms with van der Waals surface area (Å²) in [5, 5.41) is 0. The normalized spacial score (nSPS) is 30.5. The van der Waals surface area contributed by atoms with Gasteiger partial charge in [0, 0.05) is 31.9 Å². The molecule has 2 aliphatic rings. The Kier molecular flexibility index (Phi) is 3.43. The molecule has 1 fully saturated rings. The third-order valence-corrected chi connectivity index (χ3v) is 4.22. The summed E-state index contributed by atoms with van der Waals surface area (Å²) < 4.78 is 5.39. The molecular weight excluding hydrogens is 240 g/mol. The lowest BCUT2D eigenvalue weighted by Gasteiger charge is -2.23. The first-order valence-electron chi connectivity index (χ1n) is 6.95. The van der Waals surface area contributed by atoms with Crippen LogP contribution < -0.4 is 16.4 Å². The Morgan fingerprint density at radius 2 is 2.16 bits per heavy atom. The van der Waals surface area contributed by atoms with Gasteiger partial charge in [-0.1, -0.05) is 6.07 Å². The fraction of sp³-hybridized carbons (Fsp3) is 0.643. The summed E-state index contributed by atoms with van der Waals surface area (Å²) in [5.74, 6) is 1.02. The number of pyridine rings is 1. The third kappa shape index (κ3) is 2.45. The van der Waals surface area contributed by atoms with Gasteiger partial charge in [0.15, 0.2) is 0 Å². The minimum atomic E-state index is 0.0660. The van der Waals surface area contributed by atoms with Gasteiger partial charge in [-0.15, -0.1) is 0 Å². The van der Waals surface area contributed by atoms with E-state index in [1.54, 1.807) is 7.11 Å². The topological polar surface area (TPSA) is 77.4 Å². The summed E-state index contributed by atoms with van der Waals surface area (Å²) in [4.78, 5) is 7.01. The number of aryl methyl sites for hydroxylation is 1. The second-order valence-electron chi connectivity index (χ2n) is 5.62. The smallest absolute Gasteiger partial charge is 0.128 e. The van der Waals surface area contributed by atoms with Gasteiger partial charge in [0.25, 0.3) is 0 Å². The van der Waals surface area contributed by atoms with Gasteiger partial charge in [-0.05, 0) is 30.9 Å². The van der Waals surface area contributed by atoms with Crippen LogP contribution in [0.4, 0.5) is 5.82 Å². The molecule has 0 unspecified atom stereocenters. The number of nitrogens with zero attached hydrogens (tertiary/aromatic N) is 2. The summed E-state index contributed by atoms with van der Waals surface area (Å²) >= 11 is 0. The third-order valence-electron chi connectivity index (χ3n) is 4.22. The maximum absolute atomic E-state index is 6.06. The fourth-order valence-corrected chi connectivity index (χ4v) is 3.04. The molecule has 4 N–H and O–H groups in total. The number of rotatable bonds is 2. The molecule has 3 atom stereocenters. The summed E-state index contributed by atoms with van der Waals surface area (Å²) in [6.45, 7) is 1.63. The highest BCUT2D eigenvalue weighted by molar-refractivity contribution is 5.44. The number of hydrogen-bond acceptors (Lipinski definition) is 5. The number of anilines is 1. The van der Waals surface area contributed by atoms with E-state index in [9.17, 15) is 0 Å². The van der Waals surface area contributed by atoms with Crippen molar-refractivity contribution in [2.24, 2.45) is 11.5 Å². The van der Waals surface area contributed by atoms with Gasteiger partial charge in [-0.25, -0.2) is 4.98 Å². The molecule has 0 amide bonds. The molecule has 0 bridgehead atoms. The van der Waals surface area contributed by atoms with Gasteiger partial charge in [0.1, 0.15) is 5.82 Å². The van der Waals surface area contributed by atoms with E-state index >= 15 is 0 Å². The van der Waals surface area contributed by atoms with Crippen molar-refractivity contribution in [2.45, 2.75) is 37.5 Å². The largest absolute Gasteiger partial charge is 0.378 e. The molecule has 2 heterocycles. The van der Waals surface area contributed by atoms with E-state index in [1.807, 2.05) is 0 Å². The SMILES string of the molecule is CO[C@H]1CN(c2ccc3c(n2)CC[C@H](N)C3)C[C@@H]1N. The first-order valence-corrected chi connectivity index (χ1v) is 6.95. The lowest BCUT2D eigenvalue weighted by molar-refractivity contribution is 0.108. The van der Waals surface area contributed by atoms with Crippen LogP contribution in [0.5, 0.6) is 0 Å². The zero-order valence-electron chi connectivity index (χ0n) is 11.4. The standard InChI is InChI=1S/C14H22N4O/c1-19-13-8-18(7-11(13)16)14-5-2-9-6-10(15)3-4-12(9)17-14/h2,5,10-11,13H,3-4,6-8,15-16H2,1H3/t10-,11-,13-/m0/s1. The van der Waals surface area contributed by atoms with Crippen molar-refractivity contribution < 1.29 is 4.74 Å². The first-order chi connectivity index (χ1) is 9.17. The van der Waals surface area contributed by atoms with Crippen LogP contribution in [0, 0.1) is 0 Å². The number of aromatic nitrogens is 1. The van der Waals surface area contributed by atoms with E-state index in [0.29, 0.717) is 6.04 Å². The summed E-state index contributed by atoms with van der Waals surface area (Å²) in [6.07, 6.45) is 3.07. The van der Waals surface area contributed by atoms with Crippen molar-refractivity contribution in [2.75, 3.05) is 25.1 Å². The van der Waals surface area contributed by atoms with Crippen LogP contribution in [0.15, 0.2) is 12.1 Å². The summed E-state index contributed by atoms with van der Waals surface area (Å²) in [5.41, 5.74) is 14.6.